The van der Waals surface area contributed by atoms with Crippen molar-refractivity contribution >= 4 is 103 Å². The van der Waals surface area contributed by atoms with Crippen LogP contribution < -0.4 is 46.7 Å². The van der Waals surface area contributed by atoms with Crippen LogP contribution in [-0.2, 0) is 0 Å². The Balaban J connectivity index is 2.88. The van der Waals surface area contributed by atoms with E-state index in [0.717, 1.165) is 0 Å². The molecule has 3 aromatic rings. The van der Waals surface area contributed by atoms with Gasteiger partial charge in [-0.2, -0.15) is 0 Å². The fourth-order valence-electron chi connectivity index (χ4n) is 10.9. The maximum atomic E-state index is 2.70. The number of hydrogen-bond acceptors (Lipinski definition) is 0. The Morgan fingerprint density at radius 3 is 0.691 bits per heavy atom. The highest BCUT2D eigenvalue weighted by Gasteiger charge is 2.59. The lowest BCUT2D eigenvalue weighted by Gasteiger charge is -2.52. The highest BCUT2D eigenvalue weighted by atomic mass is 28.3. The van der Waals surface area contributed by atoms with Crippen molar-refractivity contribution < 1.29 is 0 Å². The molecule has 0 fully saturated rings. The van der Waals surface area contributed by atoms with Gasteiger partial charge in [0.15, 0.2) is 8.07 Å². The van der Waals surface area contributed by atoms with Crippen molar-refractivity contribution in [3.63, 3.8) is 0 Å². The molecule has 0 spiro atoms. The largest absolute Gasteiger partial charge is 0.158 e. The Morgan fingerprint density at radius 2 is 0.509 bits per heavy atom. The molecule has 55 heavy (non-hydrogen) atoms. The molecule has 1 aliphatic carbocycles. The Morgan fingerprint density at radius 1 is 0.291 bits per heavy atom. The van der Waals surface area contributed by atoms with Gasteiger partial charge in [0.1, 0.15) is 0 Å². The summed E-state index contributed by atoms with van der Waals surface area (Å²) in [7, 11) is -14.7. The zero-order valence-electron chi connectivity index (χ0n) is 40.5. The van der Waals surface area contributed by atoms with Gasteiger partial charge in [0, 0.05) is 5.54 Å². The van der Waals surface area contributed by atoms with Gasteiger partial charge in [-0.05, 0) is 75.2 Å². The van der Waals surface area contributed by atoms with E-state index in [-0.39, 0.29) is 0 Å². The number of benzene rings is 3. The maximum absolute atomic E-state index is 3.13. The van der Waals surface area contributed by atoms with E-state index in [1.165, 1.54) is 0 Å². The van der Waals surface area contributed by atoms with Gasteiger partial charge in [-0.25, -0.2) is 0 Å². The normalized spacial score (nSPS) is 15.9. The number of allylic oxidation sites excluding steroid dienone is 4. The van der Waals surface area contributed by atoms with Crippen LogP contribution in [0.4, 0.5) is 0 Å². The maximum Gasteiger partial charge on any atom is 0.158 e. The van der Waals surface area contributed by atoms with Crippen molar-refractivity contribution in [2.75, 3.05) is 0 Å². The summed E-state index contributed by atoms with van der Waals surface area (Å²) in [5.74, 6) is 0. The average Bonchev–Trinajstić information content (AvgIpc) is 3.16. The van der Waals surface area contributed by atoms with Crippen LogP contribution in [0.3, 0.4) is 0 Å². The molecule has 0 unspecified atom stereocenters. The molecule has 0 nitrogen and oxygen atoms in total. The number of hydrogen-bond donors (Lipinski definition) is 0. The molecule has 0 atom stereocenters. The molecular formula is C48H82Si7. The van der Waals surface area contributed by atoms with Gasteiger partial charge in [-0.15, -0.1) is 0 Å². The predicted molar refractivity (Wildman–Crippen MR) is 277 cm³/mol. The molecule has 7 heteroatoms. The first-order chi connectivity index (χ1) is 24.5. The fourth-order valence-corrected chi connectivity index (χ4v) is 39.1. The van der Waals surface area contributed by atoms with Crippen molar-refractivity contribution in [2.45, 2.75) is 172 Å². The summed E-state index contributed by atoms with van der Waals surface area (Å²) >= 11 is 0. The minimum absolute atomic E-state index is 0.374. The van der Waals surface area contributed by atoms with Crippen LogP contribution >= 0.6 is 0 Å². The molecule has 0 aliphatic heterocycles. The van der Waals surface area contributed by atoms with Crippen LogP contribution in [0.1, 0.15) is 44.4 Å². The highest BCUT2D eigenvalue weighted by Crippen LogP contribution is 2.46. The van der Waals surface area contributed by atoms with Gasteiger partial charge >= 0.3 is 0 Å². The lowest BCUT2D eigenvalue weighted by molar-refractivity contribution is 1.09. The summed E-state index contributed by atoms with van der Waals surface area (Å²) in [4.78, 5) is 0. The number of rotatable bonds is 10. The molecule has 0 N–H and O–H groups in total. The van der Waals surface area contributed by atoms with E-state index in [2.05, 4.69) is 203 Å². The van der Waals surface area contributed by atoms with Crippen LogP contribution in [0.25, 0.3) is 0 Å². The lowest BCUT2D eigenvalue weighted by Crippen LogP contribution is -2.90. The van der Waals surface area contributed by atoms with Crippen molar-refractivity contribution in [3.8, 4) is 0 Å². The van der Waals surface area contributed by atoms with Crippen LogP contribution in [0, 0.1) is 20.8 Å². The van der Waals surface area contributed by atoms with Crippen LogP contribution in [0.15, 0.2) is 58.7 Å². The van der Waals surface area contributed by atoms with E-state index in [1.807, 2.05) is 15.6 Å². The first-order valence-electron chi connectivity index (χ1n) is 21.3. The fraction of sp³-hybridized carbons (Fsp3) is 0.542. The third kappa shape index (κ3) is 8.04. The Labute approximate surface area is 348 Å². The molecule has 302 valence electrons. The second kappa shape index (κ2) is 14.7. The monoisotopic (exact) mass is 854 g/mol. The van der Waals surface area contributed by atoms with Gasteiger partial charge < -0.3 is 0 Å². The third-order valence-corrected chi connectivity index (χ3v) is 32.8. The van der Waals surface area contributed by atoms with Crippen LogP contribution in [0.5, 0.6) is 0 Å². The zero-order valence-corrected chi connectivity index (χ0v) is 47.5. The highest BCUT2D eigenvalue weighted by molar-refractivity contribution is 7.25. The standard InChI is InChI=1S/C48H82Si7/c1-32-26-29-39(49(8,9)10)46(42(32)52(17,18)19)55(45-37(6)35(4)36(5)38(45)7,47-40(50(11,12)13)30-27-33(2)43(47)53(20,21)22)48-41(51(14,15)16)31-28-34(3)44(48)54(23,24)25/h26-31,45H,1-25H3. The van der Waals surface area contributed by atoms with Crippen molar-refractivity contribution in [2.24, 2.45) is 0 Å². The van der Waals surface area contributed by atoms with Crippen LogP contribution in [-0.4, -0.2) is 56.5 Å². The van der Waals surface area contributed by atoms with Gasteiger partial charge in [0.25, 0.3) is 0 Å². The van der Waals surface area contributed by atoms with E-state index in [9.17, 15) is 0 Å². The van der Waals surface area contributed by atoms with E-state index in [0.29, 0.717) is 5.54 Å². The molecule has 0 heterocycles. The summed E-state index contributed by atoms with van der Waals surface area (Å²) in [5, 5.41) is 16.4. The molecule has 0 saturated heterocycles. The minimum atomic E-state index is -3.13. The second-order valence-electron chi connectivity index (χ2n) is 23.9. The molecule has 0 aromatic heterocycles. The Kier molecular flexibility index (Phi) is 12.4. The van der Waals surface area contributed by atoms with Crippen molar-refractivity contribution in [3.05, 3.63) is 75.4 Å². The van der Waals surface area contributed by atoms with Crippen molar-refractivity contribution in [1.29, 1.82) is 0 Å². The first kappa shape index (κ1) is 46.3. The Hall–Kier alpha value is -1.34. The summed E-state index contributed by atoms with van der Waals surface area (Å²) in [6.45, 7) is 65.9. The van der Waals surface area contributed by atoms with Gasteiger partial charge in [-0.1, -0.05) is 213 Å². The molecular weight excluding hydrogens is 773 g/mol. The van der Waals surface area contributed by atoms with Crippen LogP contribution in [0.2, 0.25) is 123 Å². The van der Waals surface area contributed by atoms with E-state index >= 15 is 0 Å². The lowest BCUT2D eigenvalue weighted by atomic mass is 10.1. The van der Waals surface area contributed by atoms with E-state index in [4.69, 9.17) is 0 Å². The number of aryl methyl sites for hydroxylation is 3. The van der Waals surface area contributed by atoms with E-state index < -0.39 is 56.5 Å². The molecule has 0 saturated carbocycles. The second-order valence-corrected chi connectivity index (χ2v) is 57.7. The SMILES string of the molecule is CC1=C(C)C([Si](c2c([Si](C)(C)C)ccc(C)c2[Si](C)(C)C)(c2c([Si](C)(C)C)ccc(C)c2[Si](C)(C)C)c2c([Si](C)(C)C)ccc(C)c2[Si](C)(C)C)C(C)=C1C. The van der Waals surface area contributed by atoms with Gasteiger partial charge in [0.2, 0.25) is 0 Å². The Bertz CT molecular complexity index is 1850. The molecule has 0 bridgehead atoms. The van der Waals surface area contributed by atoms with Gasteiger partial charge in [-0.3, -0.25) is 0 Å². The molecule has 0 amide bonds. The molecule has 3 aromatic carbocycles. The average molecular weight is 856 g/mol. The summed E-state index contributed by atoms with van der Waals surface area (Å²) in [6.07, 6.45) is 0. The van der Waals surface area contributed by atoms with Gasteiger partial charge in [0.05, 0.1) is 48.4 Å². The molecule has 1 aliphatic rings. The zero-order chi connectivity index (χ0) is 42.6. The summed E-state index contributed by atoms with van der Waals surface area (Å²) in [6, 6.07) is 15.8. The predicted octanol–water partition coefficient (Wildman–Crippen LogP) is 9.41. The van der Waals surface area contributed by atoms with Crippen molar-refractivity contribution in [1.82, 2.24) is 0 Å². The molecule has 4 rings (SSSR count). The topological polar surface area (TPSA) is 0 Å². The third-order valence-electron chi connectivity index (χ3n) is 13.1. The summed E-state index contributed by atoms with van der Waals surface area (Å²) < 4.78 is 0. The first-order valence-corrected chi connectivity index (χ1v) is 44.4. The smallest absolute Gasteiger partial charge is 0.0656 e. The summed E-state index contributed by atoms with van der Waals surface area (Å²) in [5.41, 5.74) is 11.5. The molecule has 0 radical (unpaired) electrons. The quantitative estimate of drug-likeness (QED) is 0.141. The minimum Gasteiger partial charge on any atom is -0.0656 e. The van der Waals surface area contributed by atoms with E-state index in [1.54, 1.807) is 70.1 Å².